The van der Waals surface area contributed by atoms with E-state index in [1.54, 1.807) is 18.2 Å². The number of hydrogen-bond donors (Lipinski definition) is 2. The van der Waals surface area contributed by atoms with Crippen LogP contribution in [0.2, 0.25) is 0 Å². The zero-order valence-corrected chi connectivity index (χ0v) is 14.5. The number of nitrogens with one attached hydrogen (secondary N) is 1. The van der Waals surface area contributed by atoms with E-state index in [9.17, 15) is 13.2 Å². The highest BCUT2D eigenvalue weighted by molar-refractivity contribution is 7.93. The Kier molecular flexibility index (Phi) is 4.77. The molecule has 1 amide bonds. The van der Waals surface area contributed by atoms with Gasteiger partial charge in [0.05, 0.1) is 9.77 Å². The number of nitrogens with two attached hydrogens (primary N) is 1. The molecule has 9 heteroatoms. The average molecular weight is 374 g/mol. The van der Waals surface area contributed by atoms with E-state index < -0.39 is 9.84 Å². The van der Waals surface area contributed by atoms with Gasteiger partial charge in [0.15, 0.2) is 0 Å². The van der Waals surface area contributed by atoms with Crippen LogP contribution in [0.4, 0.5) is 5.82 Å². The van der Waals surface area contributed by atoms with Crippen molar-refractivity contribution < 1.29 is 13.2 Å². The summed E-state index contributed by atoms with van der Waals surface area (Å²) in [5, 5.41) is 2.68. The number of thiophene rings is 1. The molecule has 0 aliphatic rings. The fourth-order valence-electron chi connectivity index (χ4n) is 2.07. The van der Waals surface area contributed by atoms with Crippen LogP contribution in [-0.4, -0.2) is 24.3 Å². The second-order valence-corrected chi connectivity index (χ2v) is 8.31. The van der Waals surface area contributed by atoms with Gasteiger partial charge in [-0.05, 0) is 24.3 Å². The average Bonchev–Trinajstić information content (AvgIpc) is 3.12. The normalized spacial score (nSPS) is 11.2. The minimum atomic E-state index is -3.63. The molecule has 3 N–H and O–H groups in total. The number of carbonyl (C=O) groups excluding carboxylic acids is 1. The Labute approximate surface area is 148 Å². The van der Waals surface area contributed by atoms with E-state index in [0.717, 1.165) is 11.3 Å². The third kappa shape index (κ3) is 3.67. The summed E-state index contributed by atoms with van der Waals surface area (Å²) in [5.74, 6) is -0.100. The minimum Gasteiger partial charge on any atom is -0.383 e. The van der Waals surface area contributed by atoms with Gasteiger partial charge in [0.25, 0.3) is 5.91 Å². The lowest BCUT2D eigenvalue weighted by Crippen LogP contribution is -2.22. The largest absolute Gasteiger partial charge is 0.383 e. The number of nitrogen functional groups attached to an aromatic ring is 1. The summed E-state index contributed by atoms with van der Waals surface area (Å²) in [4.78, 5) is 20.4. The standard InChI is InChI=1S/C16H14N4O3S2/c17-15-11(8-18-10-20-15)9-19-16(21)13-6-7-14(24-13)25(22,23)12-4-2-1-3-5-12/h1-8,10H,9H2,(H,19,21)(H2,17,18,20). The molecule has 0 aliphatic heterocycles. The molecule has 0 unspecified atom stereocenters. The summed E-state index contributed by atoms with van der Waals surface area (Å²) in [7, 11) is -3.63. The Morgan fingerprint density at radius 1 is 1.16 bits per heavy atom. The summed E-state index contributed by atoms with van der Waals surface area (Å²) in [5.41, 5.74) is 6.28. The summed E-state index contributed by atoms with van der Waals surface area (Å²) in [6, 6.07) is 11.0. The lowest BCUT2D eigenvalue weighted by atomic mass is 10.3. The van der Waals surface area contributed by atoms with Gasteiger partial charge in [0, 0.05) is 18.3 Å². The van der Waals surface area contributed by atoms with Crippen LogP contribution in [0.3, 0.4) is 0 Å². The fraction of sp³-hybridized carbons (Fsp3) is 0.0625. The van der Waals surface area contributed by atoms with Crippen molar-refractivity contribution >= 4 is 32.9 Å². The van der Waals surface area contributed by atoms with E-state index in [4.69, 9.17) is 5.73 Å². The number of hydrogen-bond acceptors (Lipinski definition) is 7. The quantitative estimate of drug-likeness (QED) is 0.705. The Morgan fingerprint density at radius 2 is 1.92 bits per heavy atom. The third-order valence-corrected chi connectivity index (χ3v) is 6.73. The van der Waals surface area contributed by atoms with Crippen LogP contribution in [0.15, 0.2) is 64.1 Å². The number of benzene rings is 1. The zero-order valence-electron chi connectivity index (χ0n) is 12.9. The Bertz CT molecular complexity index is 1000. The molecule has 7 nitrogen and oxygen atoms in total. The zero-order chi connectivity index (χ0) is 17.9. The van der Waals surface area contributed by atoms with Gasteiger partial charge in [-0.2, -0.15) is 0 Å². The van der Waals surface area contributed by atoms with E-state index in [1.807, 2.05) is 0 Å². The van der Waals surface area contributed by atoms with E-state index >= 15 is 0 Å². The first kappa shape index (κ1) is 17.1. The Hall–Kier alpha value is -2.78. The second kappa shape index (κ2) is 6.99. The van der Waals surface area contributed by atoms with Crippen molar-refractivity contribution in [2.75, 3.05) is 5.73 Å². The molecule has 0 radical (unpaired) electrons. The van der Waals surface area contributed by atoms with Crippen LogP contribution in [-0.2, 0) is 16.4 Å². The molecule has 0 saturated carbocycles. The molecular weight excluding hydrogens is 360 g/mol. The topological polar surface area (TPSA) is 115 Å². The molecular formula is C16H14N4O3S2. The van der Waals surface area contributed by atoms with E-state index in [0.29, 0.717) is 10.4 Å². The molecule has 0 saturated heterocycles. The van der Waals surface area contributed by atoms with Crippen molar-refractivity contribution in [1.82, 2.24) is 15.3 Å². The lowest BCUT2D eigenvalue weighted by molar-refractivity contribution is 0.0955. The minimum absolute atomic E-state index is 0.117. The second-order valence-electron chi connectivity index (χ2n) is 5.05. The smallest absolute Gasteiger partial charge is 0.261 e. The Balaban J connectivity index is 1.75. The molecule has 0 atom stereocenters. The number of amides is 1. The number of rotatable bonds is 5. The van der Waals surface area contributed by atoms with Gasteiger partial charge < -0.3 is 11.1 Å². The van der Waals surface area contributed by atoms with Crippen molar-refractivity contribution in [3.63, 3.8) is 0 Å². The number of anilines is 1. The highest BCUT2D eigenvalue weighted by Crippen LogP contribution is 2.27. The van der Waals surface area contributed by atoms with Gasteiger partial charge in [-0.3, -0.25) is 4.79 Å². The SMILES string of the molecule is Nc1ncncc1CNC(=O)c1ccc(S(=O)(=O)c2ccccc2)s1. The summed E-state index contributed by atoms with van der Waals surface area (Å²) >= 11 is 0.920. The maximum absolute atomic E-state index is 12.5. The fourth-order valence-corrected chi connectivity index (χ4v) is 4.71. The van der Waals surface area contributed by atoms with Crippen LogP contribution in [0, 0.1) is 0 Å². The van der Waals surface area contributed by atoms with Gasteiger partial charge in [-0.15, -0.1) is 11.3 Å². The van der Waals surface area contributed by atoms with Crippen LogP contribution in [0.25, 0.3) is 0 Å². The molecule has 2 aromatic heterocycles. The molecule has 0 aliphatic carbocycles. The first-order chi connectivity index (χ1) is 12.0. The van der Waals surface area contributed by atoms with Gasteiger partial charge in [0.2, 0.25) is 9.84 Å². The highest BCUT2D eigenvalue weighted by atomic mass is 32.2. The molecule has 128 valence electrons. The molecule has 1 aromatic carbocycles. The van der Waals surface area contributed by atoms with Crippen molar-refractivity contribution in [3.05, 3.63) is 65.4 Å². The van der Waals surface area contributed by atoms with Gasteiger partial charge in [0.1, 0.15) is 16.4 Å². The summed E-state index contributed by atoms with van der Waals surface area (Å²) in [6.07, 6.45) is 2.84. The van der Waals surface area contributed by atoms with Crippen molar-refractivity contribution in [3.8, 4) is 0 Å². The first-order valence-electron chi connectivity index (χ1n) is 7.21. The Morgan fingerprint density at radius 3 is 2.64 bits per heavy atom. The van der Waals surface area contributed by atoms with Crippen molar-refractivity contribution in [1.29, 1.82) is 0 Å². The predicted molar refractivity (Wildman–Crippen MR) is 93.8 cm³/mol. The van der Waals surface area contributed by atoms with Gasteiger partial charge in [-0.25, -0.2) is 18.4 Å². The van der Waals surface area contributed by atoms with Gasteiger partial charge in [-0.1, -0.05) is 18.2 Å². The first-order valence-corrected chi connectivity index (χ1v) is 9.51. The summed E-state index contributed by atoms with van der Waals surface area (Å²) in [6.45, 7) is 0.157. The molecule has 3 rings (SSSR count). The molecule has 0 bridgehead atoms. The maximum atomic E-state index is 12.5. The molecule has 25 heavy (non-hydrogen) atoms. The van der Waals surface area contributed by atoms with E-state index in [2.05, 4.69) is 15.3 Å². The number of carbonyl (C=O) groups is 1. The van der Waals surface area contributed by atoms with E-state index in [-0.39, 0.29) is 27.4 Å². The monoisotopic (exact) mass is 374 g/mol. The van der Waals surface area contributed by atoms with Crippen LogP contribution < -0.4 is 11.1 Å². The number of aromatic nitrogens is 2. The molecule has 0 spiro atoms. The summed E-state index contributed by atoms with van der Waals surface area (Å²) < 4.78 is 25.2. The van der Waals surface area contributed by atoms with Gasteiger partial charge >= 0.3 is 0 Å². The van der Waals surface area contributed by atoms with Crippen LogP contribution in [0.1, 0.15) is 15.2 Å². The molecule has 0 fully saturated rings. The highest BCUT2D eigenvalue weighted by Gasteiger charge is 2.21. The van der Waals surface area contributed by atoms with Crippen molar-refractivity contribution in [2.45, 2.75) is 15.6 Å². The number of sulfone groups is 1. The lowest BCUT2D eigenvalue weighted by Gasteiger charge is -2.05. The third-order valence-electron chi connectivity index (χ3n) is 3.39. The molecule has 3 aromatic rings. The number of nitrogens with zero attached hydrogens (tertiary/aromatic N) is 2. The molecule has 2 heterocycles. The predicted octanol–water partition coefficient (Wildman–Crippen LogP) is 1.88. The van der Waals surface area contributed by atoms with Crippen LogP contribution in [0.5, 0.6) is 0 Å². The van der Waals surface area contributed by atoms with Crippen molar-refractivity contribution in [2.24, 2.45) is 0 Å². The van der Waals surface area contributed by atoms with E-state index in [1.165, 1.54) is 36.8 Å². The van der Waals surface area contributed by atoms with Crippen LogP contribution >= 0.6 is 11.3 Å². The maximum Gasteiger partial charge on any atom is 0.261 e.